The third-order valence-electron chi connectivity index (χ3n) is 4.36. The SMILES string of the molecule is CN=C(NCCCS(=O)(=O)Cc1ccccc1)NCC(C)Oc1ccccc1C. The molecule has 29 heavy (non-hydrogen) atoms. The maximum Gasteiger partial charge on any atom is 0.191 e. The molecule has 2 rings (SSSR count). The standard InChI is InChI=1S/C22H31N3O3S/c1-18-10-7-8-13-21(18)28-19(2)16-25-22(23-3)24-14-9-15-29(26,27)17-20-11-5-4-6-12-20/h4-8,10-13,19H,9,14-17H2,1-3H3,(H2,23,24,25). The van der Waals surface area contributed by atoms with E-state index in [1.165, 1.54) is 0 Å². The van der Waals surface area contributed by atoms with Crippen molar-refractivity contribution < 1.29 is 13.2 Å². The predicted molar refractivity (Wildman–Crippen MR) is 119 cm³/mol. The van der Waals surface area contributed by atoms with Crippen LogP contribution >= 0.6 is 0 Å². The number of aliphatic imine (C=N–C) groups is 1. The van der Waals surface area contributed by atoms with Crippen LogP contribution in [0.4, 0.5) is 0 Å². The number of sulfone groups is 1. The molecule has 0 bridgehead atoms. The van der Waals surface area contributed by atoms with E-state index in [1.807, 2.05) is 68.4 Å². The Morgan fingerprint density at radius 3 is 2.45 bits per heavy atom. The van der Waals surface area contributed by atoms with Crippen molar-refractivity contribution in [3.8, 4) is 5.75 Å². The highest BCUT2D eigenvalue weighted by molar-refractivity contribution is 7.90. The van der Waals surface area contributed by atoms with Gasteiger partial charge in [0, 0.05) is 13.6 Å². The number of guanidine groups is 1. The summed E-state index contributed by atoms with van der Waals surface area (Å²) < 4.78 is 30.4. The minimum Gasteiger partial charge on any atom is -0.489 e. The molecule has 2 aromatic rings. The van der Waals surface area contributed by atoms with E-state index in [2.05, 4.69) is 15.6 Å². The van der Waals surface area contributed by atoms with Crippen molar-refractivity contribution in [3.63, 3.8) is 0 Å². The van der Waals surface area contributed by atoms with Gasteiger partial charge in [0.05, 0.1) is 18.1 Å². The normalized spacial score (nSPS) is 13.0. The summed E-state index contributed by atoms with van der Waals surface area (Å²) in [4.78, 5) is 4.18. The maximum absolute atomic E-state index is 12.2. The van der Waals surface area contributed by atoms with Gasteiger partial charge in [-0.2, -0.15) is 0 Å². The summed E-state index contributed by atoms with van der Waals surface area (Å²) in [6, 6.07) is 17.2. The van der Waals surface area contributed by atoms with Gasteiger partial charge in [0.25, 0.3) is 0 Å². The van der Waals surface area contributed by atoms with Crippen molar-refractivity contribution in [2.45, 2.75) is 32.1 Å². The Hall–Kier alpha value is -2.54. The van der Waals surface area contributed by atoms with Crippen LogP contribution in [-0.4, -0.2) is 46.4 Å². The quantitative estimate of drug-likeness (QED) is 0.353. The summed E-state index contributed by atoms with van der Waals surface area (Å²) in [7, 11) is -1.44. The molecule has 6 nitrogen and oxygen atoms in total. The Kier molecular flexibility index (Phi) is 8.99. The lowest BCUT2D eigenvalue weighted by atomic mass is 10.2. The molecule has 0 saturated heterocycles. The first-order chi connectivity index (χ1) is 13.9. The van der Waals surface area contributed by atoms with Crippen LogP contribution in [0.5, 0.6) is 5.75 Å². The van der Waals surface area contributed by atoms with Gasteiger partial charge in [0.15, 0.2) is 15.8 Å². The van der Waals surface area contributed by atoms with Crippen molar-refractivity contribution in [1.82, 2.24) is 10.6 Å². The number of hydrogen-bond acceptors (Lipinski definition) is 4. The van der Waals surface area contributed by atoms with Gasteiger partial charge >= 0.3 is 0 Å². The first-order valence-electron chi connectivity index (χ1n) is 9.81. The average Bonchev–Trinajstić information content (AvgIpc) is 2.69. The molecule has 0 aromatic heterocycles. The van der Waals surface area contributed by atoms with E-state index in [1.54, 1.807) is 7.05 Å². The Balaban J connectivity index is 1.69. The van der Waals surface area contributed by atoms with Gasteiger partial charge in [0.2, 0.25) is 0 Å². The van der Waals surface area contributed by atoms with E-state index in [0.29, 0.717) is 25.5 Å². The molecule has 0 saturated carbocycles. The minimum atomic E-state index is -3.12. The third-order valence-corrected chi connectivity index (χ3v) is 6.04. The largest absolute Gasteiger partial charge is 0.489 e. The van der Waals surface area contributed by atoms with E-state index < -0.39 is 9.84 Å². The van der Waals surface area contributed by atoms with Gasteiger partial charge in [0.1, 0.15) is 11.9 Å². The van der Waals surface area contributed by atoms with Gasteiger partial charge in [-0.1, -0.05) is 48.5 Å². The number of rotatable bonds is 10. The fourth-order valence-corrected chi connectivity index (χ4v) is 4.24. The highest BCUT2D eigenvalue weighted by Crippen LogP contribution is 2.17. The number of ether oxygens (including phenoxy) is 1. The van der Waals surface area contributed by atoms with Crippen LogP contribution in [0.1, 0.15) is 24.5 Å². The highest BCUT2D eigenvalue weighted by Gasteiger charge is 2.12. The van der Waals surface area contributed by atoms with Crippen molar-refractivity contribution in [1.29, 1.82) is 0 Å². The molecule has 158 valence electrons. The number of hydrogen-bond donors (Lipinski definition) is 2. The van der Waals surface area contributed by atoms with Crippen molar-refractivity contribution in [3.05, 3.63) is 65.7 Å². The topological polar surface area (TPSA) is 79.8 Å². The number of nitrogens with zero attached hydrogens (tertiary/aromatic N) is 1. The molecule has 2 N–H and O–H groups in total. The molecule has 7 heteroatoms. The Bertz CT molecular complexity index is 883. The van der Waals surface area contributed by atoms with Crippen molar-refractivity contribution >= 4 is 15.8 Å². The number of aryl methyl sites for hydroxylation is 1. The average molecular weight is 418 g/mol. The van der Waals surface area contributed by atoms with E-state index in [0.717, 1.165) is 16.9 Å². The Morgan fingerprint density at radius 2 is 1.76 bits per heavy atom. The van der Waals surface area contributed by atoms with Crippen LogP contribution in [0, 0.1) is 6.92 Å². The summed E-state index contributed by atoms with van der Waals surface area (Å²) in [6.07, 6.45) is 0.478. The molecular formula is C22H31N3O3S. The molecule has 0 radical (unpaired) electrons. The molecule has 0 aliphatic heterocycles. The second-order valence-electron chi connectivity index (χ2n) is 7.01. The van der Waals surface area contributed by atoms with E-state index in [4.69, 9.17) is 4.74 Å². The van der Waals surface area contributed by atoms with Crippen LogP contribution in [0.2, 0.25) is 0 Å². The molecular weight excluding hydrogens is 386 g/mol. The number of benzene rings is 2. The lowest BCUT2D eigenvalue weighted by Gasteiger charge is -2.18. The van der Waals surface area contributed by atoms with Crippen LogP contribution in [0.3, 0.4) is 0 Å². The summed E-state index contributed by atoms with van der Waals surface area (Å²) in [6.45, 7) is 5.12. The lowest BCUT2D eigenvalue weighted by Crippen LogP contribution is -2.42. The van der Waals surface area contributed by atoms with Crippen LogP contribution < -0.4 is 15.4 Å². The van der Waals surface area contributed by atoms with Crippen molar-refractivity contribution in [2.75, 3.05) is 25.9 Å². The first kappa shape index (κ1) is 22.7. The third kappa shape index (κ3) is 8.56. The summed E-state index contributed by atoms with van der Waals surface area (Å²) in [5.41, 5.74) is 1.92. The highest BCUT2D eigenvalue weighted by atomic mass is 32.2. The number of nitrogens with one attached hydrogen (secondary N) is 2. The smallest absolute Gasteiger partial charge is 0.191 e. The monoisotopic (exact) mass is 417 g/mol. The van der Waals surface area contributed by atoms with Gasteiger partial charge < -0.3 is 15.4 Å². The van der Waals surface area contributed by atoms with Gasteiger partial charge in [-0.25, -0.2) is 8.42 Å². The predicted octanol–water partition coefficient (Wildman–Crippen LogP) is 2.93. The fraction of sp³-hybridized carbons (Fsp3) is 0.409. The number of para-hydroxylation sites is 1. The lowest BCUT2D eigenvalue weighted by molar-refractivity contribution is 0.222. The molecule has 0 spiro atoms. The van der Waals surface area contributed by atoms with Crippen LogP contribution in [0.25, 0.3) is 0 Å². The zero-order chi connectivity index (χ0) is 21.1. The Morgan fingerprint density at radius 1 is 1.07 bits per heavy atom. The zero-order valence-corrected chi connectivity index (χ0v) is 18.2. The van der Waals surface area contributed by atoms with E-state index in [-0.39, 0.29) is 17.6 Å². The second kappa shape index (κ2) is 11.5. The summed E-state index contributed by atoms with van der Waals surface area (Å²) in [5.74, 6) is 1.71. The molecule has 1 unspecified atom stereocenters. The zero-order valence-electron chi connectivity index (χ0n) is 17.4. The molecule has 0 aliphatic rings. The molecule has 0 amide bonds. The maximum atomic E-state index is 12.2. The Labute approximate surface area is 174 Å². The van der Waals surface area contributed by atoms with E-state index >= 15 is 0 Å². The van der Waals surface area contributed by atoms with Crippen LogP contribution in [-0.2, 0) is 15.6 Å². The van der Waals surface area contributed by atoms with Gasteiger partial charge in [-0.3, -0.25) is 4.99 Å². The van der Waals surface area contributed by atoms with Gasteiger partial charge in [-0.15, -0.1) is 0 Å². The van der Waals surface area contributed by atoms with Crippen LogP contribution in [0.15, 0.2) is 59.6 Å². The molecule has 0 fully saturated rings. The summed E-state index contributed by atoms with van der Waals surface area (Å²) in [5, 5.41) is 6.37. The molecule has 2 aromatic carbocycles. The van der Waals surface area contributed by atoms with E-state index in [9.17, 15) is 8.42 Å². The summed E-state index contributed by atoms with van der Waals surface area (Å²) >= 11 is 0. The molecule has 0 aliphatic carbocycles. The molecule has 1 atom stereocenters. The minimum absolute atomic E-state index is 0.0408. The fourth-order valence-electron chi connectivity index (χ4n) is 2.81. The second-order valence-corrected chi connectivity index (χ2v) is 9.19. The van der Waals surface area contributed by atoms with Gasteiger partial charge in [-0.05, 0) is 37.5 Å². The molecule has 0 heterocycles. The van der Waals surface area contributed by atoms with Crippen molar-refractivity contribution in [2.24, 2.45) is 4.99 Å². The first-order valence-corrected chi connectivity index (χ1v) is 11.6.